The number of hydrogen-bond acceptors (Lipinski definition) is 6. The van der Waals surface area contributed by atoms with Gasteiger partial charge in [-0.2, -0.15) is 0 Å². The SMILES string of the molecule is CN=C(NCc1cccnc1Oc1cccc(F)c1)N(C)Cc1csc(C(C)OC)n1.I. The fourth-order valence-corrected chi connectivity index (χ4v) is 3.69. The number of nitrogens with zero attached hydrogens (tertiary/aromatic N) is 4. The van der Waals surface area contributed by atoms with Crippen molar-refractivity contribution in [1.82, 2.24) is 20.2 Å². The van der Waals surface area contributed by atoms with E-state index in [9.17, 15) is 4.39 Å². The van der Waals surface area contributed by atoms with Crippen LogP contribution < -0.4 is 10.1 Å². The number of methoxy groups -OCH3 is 1. The van der Waals surface area contributed by atoms with Gasteiger partial charge < -0.3 is 19.7 Å². The van der Waals surface area contributed by atoms with Crippen LogP contribution in [0.1, 0.15) is 29.3 Å². The molecule has 7 nitrogen and oxygen atoms in total. The van der Waals surface area contributed by atoms with Crippen LogP contribution >= 0.6 is 35.3 Å². The number of halogens is 2. The largest absolute Gasteiger partial charge is 0.439 e. The van der Waals surface area contributed by atoms with Gasteiger partial charge in [-0.1, -0.05) is 12.1 Å². The van der Waals surface area contributed by atoms with Crippen molar-refractivity contribution < 1.29 is 13.9 Å². The Morgan fingerprint density at radius 1 is 1.31 bits per heavy atom. The van der Waals surface area contributed by atoms with E-state index < -0.39 is 0 Å². The third-order valence-corrected chi connectivity index (χ3v) is 5.60. The lowest BCUT2D eigenvalue weighted by Gasteiger charge is -2.21. The van der Waals surface area contributed by atoms with E-state index in [1.807, 2.05) is 36.4 Å². The summed E-state index contributed by atoms with van der Waals surface area (Å²) in [5, 5.41) is 6.29. The van der Waals surface area contributed by atoms with Crippen LogP contribution in [0, 0.1) is 5.82 Å². The molecule has 1 aromatic carbocycles. The van der Waals surface area contributed by atoms with Crippen molar-refractivity contribution in [2.45, 2.75) is 26.1 Å². The number of rotatable bonds is 8. The molecule has 0 aliphatic heterocycles. The minimum Gasteiger partial charge on any atom is -0.439 e. The molecule has 3 rings (SSSR count). The summed E-state index contributed by atoms with van der Waals surface area (Å²) in [5.41, 5.74) is 1.78. The molecule has 0 saturated carbocycles. The Bertz CT molecular complexity index is 1030. The summed E-state index contributed by atoms with van der Waals surface area (Å²) in [6.07, 6.45) is 1.61. The number of thiazole rings is 1. The number of nitrogens with one attached hydrogen (secondary N) is 1. The molecule has 0 bridgehead atoms. The summed E-state index contributed by atoms with van der Waals surface area (Å²) in [4.78, 5) is 15.3. The maximum absolute atomic E-state index is 13.5. The van der Waals surface area contributed by atoms with Gasteiger partial charge in [0.15, 0.2) is 5.96 Å². The normalized spacial score (nSPS) is 12.1. The Hall–Kier alpha value is -2.31. The molecule has 1 atom stereocenters. The Balaban J connectivity index is 0.00000363. The van der Waals surface area contributed by atoms with E-state index in [2.05, 4.69) is 20.3 Å². The van der Waals surface area contributed by atoms with Crippen molar-refractivity contribution in [2.75, 3.05) is 21.2 Å². The zero-order chi connectivity index (χ0) is 22.2. The Labute approximate surface area is 208 Å². The van der Waals surface area contributed by atoms with E-state index in [-0.39, 0.29) is 35.9 Å². The lowest BCUT2D eigenvalue weighted by Crippen LogP contribution is -2.38. The van der Waals surface area contributed by atoms with Gasteiger partial charge in [0.05, 0.1) is 12.2 Å². The molecule has 2 heterocycles. The van der Waals surface area contributed by atoms with Crippen molar-refractivity contribution >= 4 is 41.3 Å². The minimum absolute atomic E-state index is 0. The summed E-state index contributed by atoms with van der Waals surface area (Å²) in [6, 6.07) is 9.71. The molecule has 3 aromatic rings. The van der Waals surface area contributed by atoms with E-state index in [1.165, 1.54) is 12.1 Å². The summed E-state index contributed by atoms with van der Waals surface area (Å²) in [6.45, 7) is 3.02. The van der Waals surface area contributed by atoms with Gasteiger partial charge in [0.2, 0.25) is 5.88 Å². The highest BCUT2D eigenvalue weighted by Crippen LogP contribution is 2.24. The highest BCUT2D eigenvalue weighted by atomic mass is 127. The van der Waals surface area contributed by atoms with Crippen LogP contribution in [0.2, 0.25) is 0 Å². The van der Waals surface area contributed by atoms with Crippen LogP contribution in [-0.2, 0) is 17.8 Å². The molecule has 32 heavy (non-hydrogen) atoms. The number of aliphatic imine (C=N–C) groups is 1. The zero-order valence-corrected chi connectivity index (χ0v) is 21.6. The first kappa shape index (κ1) is 25.9. The molecule has 1 unspecified atom stereocenters. The van der Waals surface area contributed by atoms with Crippen molar-refractivity contribution in [3.63, 3.8) is 0 Å². The first-order valence-electron chi connectivity index (χ1n) is 9.76. The molecule has 10 heteroatoms. The van der Waals surface area contributed by atoms with E-state index in [0.717, 1.165) is 16.3 Å². The molecule has 0 aliphatic carbocycles. The van der Waals surface area contributed by atoms with Crippen molar-refractivity contribution in [1.29, 1.82) is 0 Å². The lowest BCUT2D eigenvalue weighted by atomic mass is 10.2. The molecule has 0 radical (unpaired) electrons. The molecular weight excluding hydrogens is 544 g/mol. The Kier molecular flexibility index (Phi) is 10.3. The molecule has 172 valence electrons. The third kappa shape index (κ3) is 7.10. The van der Waals surface area contributed by atoms with Crippen molar-refractivity contribution in [3.8, 4) is 11.6 Å². The fourth-order valence-electron chi connectivity index (χ4n) is 2.85. The summed E-state index contributed by atoms with van der Waals surface area (Å²) in [7, 11) is 5.35. The van der Waals surface area contributed by atoms with Crippen LogP contribution in [0.3, 0.4) is 0 Å². The first-order chi connectivity index (χ1) is 15.0. The van der Waals surface area contributed by atoms with Crippen molar-refractivity contribution in [2.24, 2.45) is 4.99 Å². The smallest absolute Gasteiger partial charge is 0.224 e. The fraction of sp³-hybridized carbons (Fsp3) is 0.318. The molecule has 1 N–H and O–H groups in total. The molecule has 0 saturated heterocycles. The molecular formula is C22H27FIN5O2S. The first-order valence-corrected chi connectivity index (χ1v) is 10.6. The Morgan fingerprint density at radius 3 is 2.84 bits per heavy atom. The van der Waals surface area contributed by atoms with Gasteiger partial charge in [-0.3, -0.25) is 4.99 Å². The van der Waals surface area contributed by atoms with Gasteiger partial charge >= 0.3 is 0 Å². The van der Waals surface area contributed by atoms with E-state index in [1.54, 1.807) is 43.8 Å². The van der Waals surface area contributed by atoms with Gasteiger partial charge in [0, 0.05) is 51.0 Å². The van der Waals surface area contributed by atoms with Gasteiger partial charge in [0.25, 0.3) is 0 Å². The summed E-state index contributed by atoms with van der Waals surface area (Å²) >= 11 is 1.58. The van der Waals surface area contributed by atoms with Crippen LogP contribution in [0.15, 0.2) is 53.0 Å². The minimum atomic E-state index is -0.361. The number of aromatic nitrogens is 2. The summed E-state index contributed by atoms with van der Waals surface area (Å²) < 4.78 is 24.6. The van der Waals surface area contributed by atoms with Crippen molar-refractivity contribution in [3.05, 3.63) is 70.1 Å². The molecule has 0 spiro atoms. The van der Waals surface area contributed by atoms with Crippen LogP contribution in [0.4, 0.5) is 4.39 Å². The van der Waals surface area contributed by atoms with Crippen LogP contribution in [0.5, 0.6) is 11.6 Å². The van der Waals surface area contributed by atoms with E-state index in [4.69, 9.17) is 9.47 Å². The molecule has 2 aromatic heterocycles. The lowest BCUT2D eigenvalue weighted by molar-refractivity contribution is 0.119. The van der Waals surface area contributed by atoms with E-state index in [0.29, 0.717) is 30.7 Å². The number of ether oxygens (including phenoxy) is 2. The number of hydrogen-bond donors (Lipinski definition) is 1. The standard InChI is InChI=1S/C22H26FN5O2S.HI/c1-15(29-4)21-27-18(14-31-21)13-28(3)22(24-2)26-12-16-7-6-10-25-20(16)30-19-9-5-8-17(23)11-19;/h5-11,14-15H,12-13H2,1-4H3,(H,24,26);1H. The number of benzene rings is 1. The average Bonchev–Trinajstić information content (AvgIpc) is 3.23. The Morgan fingerprint density at radius 2 is 2.12 bits per heavy atom. The number of guanidine groups is 1. The van der Waals surface area contributed by atoms with Crippen LogP contribution in [-0.4, -0.2) is 42.0 Å². The second-order valence-electron chi connectivity index (χ2n) is 6.84. The zero-order valence-electron chi connectivity index (χ0n) is 18.4. The highest BCUT2D eigenvalue weighted by molar-refractivity contribution is 14.0. The second kappa shape index (κ2) is 12.7. The quantitative estimate of drug-likeness (QED) is 0.233. The third-order valence-electron chi connectivity index (χ3n) is 4.54. The van der Waals surface area contributed by atoms with Gasteiger partial charge in [-0.25, -0.2) is 14.4 Å². The van der Waals surface area contributed by atoms with Gasteiger partial charge in [-0.15, -0.1) is 35.3 Å². The second-order valence-corrected chi connectivity index (χ2v) is 7.73. The number of pyridine rings is 1. The maximum Gasteiger partial charge on any atom is 0.224 e. The van der Waals surface area contributed by atoms with Gasteiger partial charge in [-0.05, 0) is 25.1 Å². The summed E-state index contributed by atoms with van der Waals surface area (Å²) in [5.74, 6) is 1.15. The molecule has 0 fully saturated rings. The van der Waals surface area contributed by atoms with Crippen LogP contribution in [0.25, 0.3) is 0 Å². The topological polar surface area (TPSA) is 71.9 Å². The average molecular weight is 571 g/mol. The predicted octanol–water partition coefficient (Wildman–Crippen LogP) is 5.00. The maximum atomic E-state index is 13.5. The highest BCUT2D eigenvalue weighted by Gasteiger charge is 2.14. The monoisotopic (exact) mass is 571 g/mol. The van der Waals surface area contributed by atoms with E-state index >= 15 is 0 Å². The van der Waals surface area contributed by atoms with Gasteiger partial charge in [0.1, 0.15) is 22.7 Å². The molecule has 0 amide bonds. The molecule has 0 aliphatic rings. The predicted molar refractivity (Wildman–Crippen MR) is 135 cm³/mol.